The second-order valence-electron chi connectivity index (χ2n) is 6.81. The van der Waals surface area contributed by atoms with Gasteiger partial charge in [0.2, 0.25) is 5.91 Å². The first-order valence-electron chi connectivity index (χ1n) is 8.50. The third kappa shape index (κ3) is 4.93. The number of hydrogen-bond donors (Lipinski definition) is 2. The van der Waals surface area contributed by atoms with Crippen LogP contribution in [-0.4, -0.2) is 43.0 Å². The molecule has 2 N–H and O–H groups in total. The number of carbonyl (C=O) groups excluding carboxylic acids is 1. The summed E-state index contributed by atoms with van der Waals surface area (Å²) in [5.74, 6) is 0.831. The number of likely N-dealkylation sites (tertiary alicyclic amines) is 1. The molecule has 0 aliphatic carbocycles. The van der Waals surface area contributed by atoms with Crippen LogP contribution in [0.15, 0.2) is 30.3 Å². The lowest BCUT2D eigenvalue weighted by molar-refractivity contribution is -0.126. The molecule has 0 radical (unpaired) electrons. The van der Waals surface area contributed by atoms with Gasteiger partial charge in [-0.1, -0.05) is 37.3 Å². The SMILES string of the molecule is C[C@@H]1CNC[C@H]1C(=O)NC1CCCN(Cc2ccccc2)C1.Cl. The number of halogens is 1. The second kappa shape index (κ2) is 8.67. The maximum Gasteiger partial charge on any atom is 0.224 e. The van der Waals surface area contributed by atoms with E-state index in [1.807, 2.05) is 0 Å². The predicted molar refractivity (Wildman–Crippen MR) is 95.7 cm³/mol. The van der Waals surface area contributed by atoms with Crippen molar-refractivity contribution in [3.05, 3.63) is 35.9 Å². The van der Waals surface area contributed by atoms with Crippen molar-refractivity contribution in [2.45, 2.75) is 32.4 Å². The highest BCUT2D eigenvalue weighted by molar-refractivity contribution is 5.85. The van der Waals surface area contributed by atoms with Crippen molar-refractivity contribution in [1.29, 1.82) is 0 Å². The number of nitrogens with zero attached hydrogens (tertiary/aromatic N) is 1. The minimum atomic E-state index is 0. The average Bonchev–Trinajstić information content (AvgIpc) is 2.95. The maximum absolute atomic E-state index is 12.4. The molecule has 2 fully saturated rings. The van der Waals surface area contributed by atoms with Crippen LogP contribution in [0.3, 0.4) is 0 Å². The maximum atomic E-state index is 12.4. The van der Waals surface area contributed by atoms with Crippen molar-refractivity contribution in [3.63, 3.8) is 0 Å². The molecule has 0 saturated carbocycles. The molecular weight excluding hydrogens is 310 g/mol. The first-order chi connectivity index (χ1) is 10.7. The van der Waals surface area contributed by atoms with E-state index in [0.717, 1.165) is 45.6 Å². The molecule has 1 aromatic rings. The molecule has 128 valence electrons. The molecule has 1 unspecified atom stereocenters. The van der Waals surface area contributed by atoms with Crippen LogP contribution in [0.2, 0.25) is 0 Å². The minimum absolute atomic E-state index is 0. The Morgan fingerprint density at radius 3 is 2.78 bits per heavy atom. The summed E-state index contributed by atoms with van der Waals surface area (Å²) in [6.45, 7) is 7.02. The standard InChI is InChI=1S/C18H27N3O.ClH/c1-14-10-19-11-17(14)18(22)20-16-8-5-9-21(13-16)12-15-6-3-2-4-7-15;/h2-4,6-7,14,16-17,19H,5,8-13H2,1H3,(H,20,22);1H/t14-,16?,17-;/m1./s1. The largest absolute Gasteiger partial charge is 0.352 e. The fraction of sp³-hybridized carbons (Fsp3) is 0.611. The molecule has 4 nitrogen and oxygen atoms in total. The van der Waals surface area contributed by atoms with Gasteiger partial charge < -0.3 is 10.6 Å². The molecule has 0 bridgehead atoms. The van der Waals surface area contributed by atoms with E-state index >= 15 is 0 Å². The van der Waals surface area contributed by atoms with E-state index in [-0.39, 0.29) is 24.2 Å². The Morgan fingerprint density at radius 2 is 2.09 bits per heavy atom. The van der Waals surface area contributed by atoms with Gasteiger partial charge in [-0.05, 0) is 37.4 Å². The quantitative estimate of drug-likeness (QED) is 0.883. The molecule has 2 aliphatic heterocycles. The number of nitrogens with one attached hydrogen (secondary N) is 2. The molecular formula is C18H28ClN3O. The number of benzene rings is 1. The van der Waals surface area contributed by atoms with Gasteiger partial charge in [0.25, 0.3) is 0 Å². The highest BCUT2D eigenvalue weighted by atomic mass is 35.5. The summed E-state index contributed by atoms with van der Waals surface area (Å²) in [4.78, 5) is 14.9. The Balaban J connectivity index is 0.00000192. The van der Waals surface area contributed by atoms with Crippen LogP contribution >= 0.6 is 12.4 Å². The lowest BCUT2D eigenvalue weighted by atomic mass is 9.96. The van der Waals surface area contributed by atoms with Crippen molar-refractivity contribution < 1.29 is 4.79 Å². The van der Waals surface area contributed by atoms with E-state index in [9.17, 15) is 4.79 Å². The van der Waals surface area contributed by atoms with Crippen LogP contribution in [0, 0.1) is 11.8 Å². The van der Waals surface area contributed by atoms with E-state index in [1.54, 1.807) is 0 Å². The normalized spacial score (nSPS) is 28.1. The van der Waals surface area contributed by atoms with Crippen LogP contribution < -0.4 is 10.6 Å². The molecule has 23 heavy (non-hydrogen) atoms. The molecule has 3 atom stereocenters. The van der Waals surface area contributed by atoms with Crippen LogP contribution in [0.25, 0.3) is 0 Å². The van der Waals surface area contributed by atoms with E-state index in [2.05, 4.69) is 52.8 Å². The third-order valence-electron chi connectivity index (χ3n) is 4.96. The van der Waals surface area contributed by atoms with Gasteiger partial charge in [0.1, 0.15) is 0 Å². The highest BCUT2D eigenvalue weighted by Crippen LogP contribution is 2.18. The summed E-state index contributed by atoms with van der Waals surface area (Å²) < 4.78 is 0. The van der Waals surface area contributed by atoms with Crippen molar-refractivity contribution in [2.24, 2.45) is 11.8 Å². The van der Waals surface area contributed by atoms with Crippen LogP contribution in [0.4, 0.5) is 0 Å². The van der Waals surface area contributed by atoms with E-state index in [0.29, 0.717) is 12.0 Å². The number of hydrogen-bond acceptors (Lipinski definition) is 3. The van der Waals surface area contributed by atoms with Gasteiger partial charge in [-0.2, -0.15) is 0 Å². The fourth-order valence-corrected chi connectivity index (χ4v) is 3.63. The Hall–Kier alpha value is -1.10. The summed E-state index contributed by atoms with van der Waals surface area (Å²) in [6, 6.07) is 10.9. The minimum Gasteiger partial charge on any atom is -0.352 e. The number of amides is 1. The van der Waals surface area contributed by atoms with Gasteiger partial charge in [0, 0.05) is 25.7 Å². The summed E-state index contributed by atoms with van der Waals surface area (Å²) in [5, 5.41) is 6.60. The van der Waals surface area contributed by atoms with Crippen LogP contribution in [-0.2, 0) is 11.3 Å². The lowest BCUT2D eigenvalue weighted by Crippen LogP contribution is -2.49. The fourth-order valence-electron chi connectivity index (χ4n) is 3.63. The van der Waals surface area contributed by atoms with E-state index < -0.39 is 0 Å². The van der Waals surface area contributed by atoms with Crippen molar-refractivity contribution >= 4 is 18.3 Å². The highest BCUT2D eigenvalue weighted by Gasteiger charge is 2.31. The molecule has 0 aromatic heterocycles. The molecule has 2 heterocycles. The number of piperidine rings is 1. The first-order valence-corrected chi connectivity index (χ1v) is 8.50. The van der Waals surface area contributed by atoms with Gasteiger partial charge in [-0.25, -0.2) is 0 Å². The van der Waals surface area contributed by atoms with Crippen molar-refractivity contribution in [1.82, 2.24) is 15.5 Å². The Labute approximate surface area is 145 Å². The zero-order chi connectivity index (χ0) is 15.4. The molecule has 2 aliphatic rings. The molecule has 0 spiro atoms. The Bertz CT molecular complexity index is 496. The van der Waals surface area contributed by atoms with Crippen molar-refractivity contribution in [3.8, 4) is 0 Å². The van der Waals surface area contributed by atoms with E-state index in [1.165, 1.54) is 5.56 Å². The molecule has 2 saturated heterocycles. The zero-order valence-corrected chi connectivity index (χ0v) is 14.6. The molecule has 5 heteroatoms. The monoisotopic (exact) mass is 337 g/mol. The molecule has 1 aromatic carbocycles. The topological polar surface area (TPSA) is 44.4 Å². The summed E-state index contributed by atoms with van der Waals surface area (Å²) in [5.41, 5.74) is 1.35. The van der Waals surface area contributed by atoms with E-state index in [4.69, 9.17) is 0 Å². The summed E-state index contributed by atoms with van der Waals surface area (Å²) in [6.07, 6.45) is 2.27. The van der Waals surface area contributed by atoms with Crippen molar-refractivity contribution in [2.75, 3.05) is 26.2 Å². The Kier molecular flexibility index (Phi) is 6.88. The van der Waals surface area contributed by atoms with Gasteiger partial charge >= 0.3 is 0 Å². The molecule has 1 amide bonds. The zero-order valence-electron chi connectivity index (χ0n) is 13.8. The predicted octanol–water partition coefficient (Wildman–Crippen LogP) is 2.04. The Morgan fingerprint density at radius 1 is 1.30 bits per heavy atom. The van der Waals surface area contributed by atoms with Gasteiger partial charge in [-0.3, -0.25) is 9.69 Å². The smallest absolute Gasteiger partial charge is 0.224 e. The van der Waals surface area contributed by atoms with Gasteiger partial charge in [0.15, 0.2) is 0 Å². The van der Waals surface area contributed by atoms with Gasteiger partial charge in [0.05, 0.1) is 5.92 Å². The van der Waals surface area contributed by atoms with Gasteiger partial charge in [-0.15, -0.1) is 12.4 Å². The molecule has 3 rings (SSSR count). The second-order valence-corrected chi connectivity index (χ2v) is 6.81. The number of rotatable bonds is 4. The lowest BCUT2D eigenvalue weighted by Gasteiger charge is -2.34. The van der Waals surface area contributed by atoms with Crippen LogP contribution in [0.5, 0.6) is 0 Å². The summed E-state index contributed by atoms with van der Waals surface area (Å²) >= 11 is 0. The van der Waals surface area contributed by atoms with Crippen LogP contribution in [0.1, 0.15) is 25.3 Å². The number of carbonyl (C=O) groups is 1. The third-order valence-corrected chi connectivity index (χ3v) is 4.96. The first kappa shape index (κ1) is 18.2. The average molecular weight is 338 g/mol. The summed E-state index contributed by atoms with van der Waals surface area (Å²) in [7, 11) is 0.